The Morgan fingerprint density at radius 1 is 0.660 bits per heavy atom. The number of hydrogen-bond acceptors (Lipinski definition) is 1. The number of rotatable bonds is 4. The number of nitrogens with zero attached hydrogens (tertiary/aromatic N) is 3. The highest BCUT2D eigenvalue weighted by atomic mass is 15.1. The van der Waals surface area contributed by atoms with Gasteiger partial charge in [-0.3, -0.25) is 4.57 Å². The van der Waals surface area contributed by atoms with E-state index in [4.69, 9.17) is 4.98 Å². The number of aromatic amines is 1. The molecule has 226 valence electrons. The van der Waals surface area contributed by atoms with Crippen LogP contribution in [0.1, 0.15) is 48.7 Å². The molecule has 9 rings (SSSR count). The Hall–Kier alpha value is -5.74. The summed E-state index contributed by atoms with van der Waals surface area (Å²) in [6.07, 6.45) is 6.00. The molecule has 3 heterocycles. The summed E-state index contributed by atoms with van der Waals surface area (Å²) < 4.78 is 4.49. The van der Waals surface area contributed by atoms with Crippen LogP contribution in [-0.4, -0.2) is 14.5 Å². The number of para-hydroxylation sites is 2. The van der Waals surface area contributed by atoms with Gasteiger partial charge in [0.15, 0.2) is 0 Å². The maximum atomic E-state index is 5.76. The van der Waals surface area contributed by atoms with E-state index in [0.717, 1.165) is 28.2 Å². The van der Waals surface area contributed by atoms with E-state index in [2.05, 4.69) is 175 Å². The van der Waals surface area contributed by atoms with Gasteiger partial charge in [0.25, 0.3) is 0 Å². The van der Waals surface area contributed by atoms with Crippen LogP contribution in [0.15, 0.2) is 152 Å². The minimum absolute atomic E-state index is 0.118. The highest BCUT2D eigenvalue weighted by Crippen LogP contribution is 2.56. The van der Waals surface area contributed by atoms with Crippen LogP contribution in [0.4, 0.5) is 0 Å². The van der Waals surface area contributed by atoms with E-state index in [1.165, 1.54) is 44.2 Å². The summed E-state index contributed by atoms with van der Waals surface area (Å²) in [6, 6.07) is 48.8. The number of nitrogens with one attached hydrogen (secondary N) is 1. The van der Waals surface area contributed by atoms with Crippen molar-refractivity contribution in [3.05, 3.63) is 180 Å². The van der Waals surface area contributed by atoms with Gasteiger partial charge in [-0.05, 0) is 75.2 Å². The first kappa shape index (κ1) is 27.6. The van der Waals surface area contributed by atoms with Crippen molar-refractivity contribution < 1.29 is 4.57 Å². The highest BCUT2D eigenvalue weighted by Gasteiger charge is 2.48. The number of imidazole rings is 1. The zero-order valence-corrected chi connectivity index (χ0v) is 26.8. The van der Waals surface area contributed by atoms with Gasteiger partial charge in [0, 0.05) is 10.8 Å². The molecule has 3 aromatic heterocycles. The Balaban J connectivity index is 1.43. The van der Waals surface area contributed by atoms with E-state index in [0.29, 0.717) is 0 Å². The lowest BCUT2D eigenvalue weighted by molar-refractivity contribution is -0.594. The van der Waals surface area contributed by atoms with Crippen molar-refractivity contribution in [2.45, 2.75) is 31.6 Å². The summed E-state index contributed by atoms with van der Waals surface area (Å²) in [5, 5.41) is 2.46. The zero-order valence-electron chi connectivity index (χ0n) is 26.8. The third-order valence-corrected chi connectivity index (χ3v) is 9.95. The topological polar surface area (TPSA) is 37.5 Å². The molecule has 0 aliphatic heterocycles. The molecule has 1 aliphatic carbocycles. The van der Waals surface area contributed by atoms with E-state index < -0.39 is 5.41 Å². The summed E-state index contributed by atoms with van der Waals surface area (Å²) in [5.41, 5.74) is 11.1. The average molecular weight is 608 g/mol. The summed E-state index contributed by atoms with van der Waals surface area (Å²) in [4.78, 5) is 8.97. The van der Waals surface area contributed by atoms with Gasteiger partial charge >= 0.3 is 0 Å². The molecule has 0 bridgehead atoms. The smallest absolute Gasteiger partial charge is 0.246 e. The number of hydrogen-bond donors (Lipinski definition) is 1. The first-order valence-electron chi connectivity index (χ1n) is 16.3. The molecular formula is C43H35N4+. The summed E-state index contributed by atoms with van der Waals surface area (Å²) in [6.45, 7) is 6.90. The van der Waals surface area contributed by atoms with Crippen LogP contribution in [0, 0.1) is 0 Å². The Morgan fingerprint density at radius 2 is 1.28 bits per heavy atom. The van der Waals surface area contributed by atoms with Crippen molar-refractivity contribution in [1.82, 2.24) is 14.5 Å². The molecule has 0 saturated heterocycles. The molecule has 47 heavy (non-hydrogen) atoms. The van der Waals surface area contributed by atoms with Crippen LogP contribution in [0.2, 0.25) is 0 Å². The van der Waals surface area contributed by atoms with Crippen molar-refractivity contribution in [3.63, 3.8) is 0 Å². The molecule has 0 fully saturated rings. The molecule has 0 atom stereocenters. The van der Waals surface area contributed by atoms with Crippen LogP contribution in [0.5, 0.6) is 0 Å². The third kappa shape index (κ3) is 4.01. The highest BCUT2D eigenvalue weighted by molar-refractivity contribution is 6.09. The van der Waals surface area contributed by atoms with Gasteiger partial charge in [-0.15, -0.1) is 0 Å². The van der Waals surface area contributed by atoms with Gasteiger partial charge in [-0.1, -0.05) is 118 Å². The maximum Gasteiger partial charge on any atom is 0.246 e. The van der Waals surface area contributed by atoms with E-state index >= 15 is 0 Å². The van der Waals surface area contributed by atoms with Crippen molar-refractivity contribution in [3.8, 4) is 22.6 Å². The van der Waals surface area contributed by atoms with Crippen LogP contribution in [-0.2, 0) is 10.8 Å². The second-order valence-electron chi connectivity index (χ2n) is 13.6. The van der Waals surface area contributed by atoms with Crippen molar-refractivity contribution in [1.29, 1.82) is 0 Å². The maximum absolute atomic E-state index is 5.76. The van der Waals surface area contributed by atoms with Gasteiger partial charge in [-0.2, -0.15) is 0 Å². The van der Waals surface area contributed by atoms with E-state index in [9.17, 15) is 0 Å². The molecule has 5 aromatic carbocycles. The lowest BCUT2D eigenvalue weighted by Gasteiger charge is -2.34. The zero-order chi connectivity index (χ0) is 31.8. The second kappa shape index (κ2) is 10.1. The first-order valence-corrected chi connectivity index (χ1v) is 16.3. The molecule has 0 saturated carbocycles. The second-order valence-corrected chi connectivity index (χ2v) is 13.6. The summed E-state index contributed by atoms with van der Waals surface area (Å²) in [7, 11) is 0. The summed E-state index contributed by atoms with van der Waals surface area (Å²) >= 11 is 0. The Labute approximate surface area is 274 Å². The third-order valence-electron chi connectivity index (χ3n) is 9.95. The predicted octanol–water partition coefficient (Wildman–Crippen LogP) is 9.44. The van der Waals surface area contributed by atoms with Crippen LogP contribution in [0.3, 0.4) is 0 Å². The number of fused-ring (bicyclic) bond motifs is 6. The molecule has 0 unspecified atom stereocenters. The minimum Gasteiger partial charge on any atom is -0.294 e. The molecule has 1 aliphatic rings. The van der Waals surface area contributed by atoms with Crippen molar-refractivity contribution in [2.24, 2.45) is 0 Å². The van der Waals surface area contributed by atoms with Gasteiger partial charge in [0.2, 0.25) is 6.33 Å². The first-order chi connectivity index (χ1) is 22.9. The molecule has 0 radical (unpaired) electrons. The lowest BCUT2D eigenvalue weighted by Crippen LogP contribution is -2.33. The van der Waals surface area contributed by atoms with Crippen LogP contribution < -0.4 is 4.57 Å². The number of H-pyrrole nitrogens is 1. The van der Waals surface area contributed by atoms with Gasteiger partial charge in [0.05, 0.1) is 22.1 Å². The SMILES string of the molecule is CC(C)(C)c1cc(-n2c3ccccc3c3ccccc32)nc(C2(c3cccc(-[n+]4cc[nH]c4)c3)c3ccccc3-c3ccccc32)c1. The number of pyridine rings is 1. The van der Waals surface area contributed by atoms with Gasteiger partial charge < -0.3 is 0 Å². The quantitative estimate of drug-likeness (QED) is 0.199. The Kier molecular flexibility index (Phi) is 5.94. The fourth-order valence-electron chi connectivity index (χ4n) is 7.75. The van der Waals surface area contributed by atoms with Crippen LogP contribution >= 0.6 is 0 Å². The normalized spacial score (nSPS) is 13.6. The molecule has 8 aromatic rings. The summed E-state index contributed by atoms with van der Waals surface area (Å²) in [5.74, 6) is 0.933. The standard InChI is InChI=1S/C43H34N4/c1-42(2,3)30-26-40(45-41(27-30)47-38-21-10-6-17-34(38)35-18-7-11-22-39(35)47)43(29-13-12-14-31(25-29)46-24-23-44-28-46)36-19-8-4-15-32(36)33-16-5-9-20-37(33)43/h4-28H,1-3H3/p+1. The molecule has 4 nitrogen and oxygen atoms in total. The number of aromatic nitrogens is 4. The largest absolute Gasteiger partial charge is 0.294 e. The predicted molar refractivity (Wildman–Crippen MR) is 190 cm³/mol. The van der Waals surface area contributed by atoms with Crippen LogP contribution in [0.25, 0.3) is 44.4 Å². The molecule has 1 N–H and O–H groups in total. The average Bonchev–Trinajstić information content (AvgIpc) is 3.83. The Bertz CT molecular complexity index is 2360. The van der Waals surface area contributed by atoms with E-state index in [1.54, 1.807) is 0 Å². The molecule has 0 amide bonds. The molecule has 0 spiro atoms. The van der Waals surface area contributed by atoms with E-state index in [-0.39, 0.29) is 5.41 Å². The lowest BCUT2D eigenvalue weighted by atomic mass is 9.69. The fourth-order valence-corrected chi connectivity index (χ4v) is 7.75. The van der Waals surface area contributed by atoms with Crippen molar-refractivity contribution >= 4 is 21.8 Å². The van der Waals surface area contributed by atoms with E-state index in [1.807, 2.05) is 12.5 Å². The molecule has 4 heteroatoms. The Morgan fingerprint density at radius 3 is 1.89 bits per heavy atom. The minimum atomic E-state index is -0.644. The number of benzene rings is 5. The van der Waals surface area contributed by atoms with Gasteiger partial charge in [-0.25, -0.2) is 14.5 Å². The van der Waals surface area contributed by atoms with Gasteiger partial charge in [0.1, 0.15) is 23.9 Å². The van der Waals surface area contributed by atoms with Crippen molar-refractivity contribution in [2.75, 3.05) is 0 Å². The monoisotopic (exact) mass is 607 g/mol. The fraction of sp³-hybridized carbons (Fsp3) is 0.116. The molecular weight excluding hydrogens is 573 g/mol.